The van der Waals surface area contributed by atoms with Crippen LogP contribution in [0.4, 0.5) is 0 Å². The Balaban J connectivity index is 1.73. The fourth-order valence-electron chi connectivity index (χ4n) is 3.45. The van der Waals surface area contributed by atoms with Crippen LogP contribution in [-0.2, 0) is 4.74 Å². The van der Waals surface area contributed by atoms with Gasteiger partial charge in [0.1, 0.15) is 0 Å². The molecule has 5 nitrogen and oxygen atoms in total. The van der Waals surface area contributed by atoms with Crippen LogP contribution in [0.1, 0.15) is 69.6 Å². The molecule has 1 aromatic rings. The Labute approximate surface area is 114 Å². The van der Waals surface area contributed by atoms with E-state index in [0.29, 0.717) is 6.04 Å². The van der Waals surface area contributed by atoms with Gasteiger partial charge in [-0.3, -0.25) is 0 Å². The van der Waals surface area contributed by atoms with Crippen molar-refractivity contribution in [2.75, 3.05) is 6.61 Å². The quantitative estimate of drug-likeness (QED) is 0.890. The molecule has 2 fully saturated rings. The van der Waals surface area contributed by atoms with Crippen molar-refractivity contribution >= 4 is 0 Å². The van der Waals surface area contributed by atoms with Crippen LogP contribution in [0, 0.1) is 0 Å². The van der Waals surface area contributed by atoms with Gasteiger partial charge < -0.3 is 10.5 Å². The molecule has 19 heavy (non-hydrogen) atoms. The highest BCUT2D eigenvalue weighted by molar-refractivity contribution is 5.00. The fourth-order valence-corrected chi connectivity index (χ4v) is 3.45. The summed E-state index contributed by atoms with van der Waals surface area (Å²) in [6.45, 7) is 2.79. The van der Waals surface area contributed by atoms with Gasteiger partial charge in [0, 0.05) is 12.6 Å². The van der Waals surface area contributed by atoms with Crippen LogP contribution in [0.3, 0.4) is 0 Å². The molecule has 1 saturated heterocycles. The van der Waals surface area contributed by atoms with E-state index in [4.69, 9.17) is 10.5 Å². The number of hydrogen-bond acceptors (Lipinski definition) is 4. The molecule has 0 amide bonds. The van der Waals surface area contributed by atoms with Crippen LogP contribution in [0.2, 0.25) is 0 Å². The van der Waals surface area contributed by atoms with Crippen molar-refractivity contribution in [1.29, 1.82) is 0 Å². The van der Waals surface area contributed by atoms with Crippen molar-refractivity contribution in [1.82, 2.24) is 15.0 Å². The summed E-state index contributed by atoms with van der Waals surface area (Å²) in [5, 5.41) is 8.44. The summed E-state index contributed by atoms with van der Waals surface area (Å²) in [5.74, 6) is 0. The fraction of sp³-hybridized carbons (Fsp3) is 0.857. The molecule has 1 aromatic heterocycles. The minimum Gasteiger partial charge on any atom is -0.375 e. The zero-order valence-corrected chi connectivity index (χ0v) is 11.7. The minimum atomic E-state index is -0.0442. The summed E-state index contributed by atoms with van der Waals surface area (Å²) in [4.78, 5) is 0. The second-order valence-corrected chi connectivity index (χ2v) is 6.15. The van der Waals surface area contributed by atoms with E-state index >= 15 is 0 Å². The van der Waals surface area contributed by atoms with Gasteiger partial charge in [0.2, 0.25) is 0 Å². The highest BCUT2D eigenvalue weighted by Gasteiger charge is 2.39. The first-order chi connectivity index (χ1) is 9.19. The first kappa shape index (κ1) is 13.1. The topological polar surface area (TPSA) is 66.0 Å². The molecule has 2 aliphatic rings. The van der Waals surface area contributed by atoms with E-state index < -0.39 is 0 Å². The summed E-state index contributed by atoms with van der Waals surface area (Å²) in [5.41, 5.74) is 6.84. The summed E-state index contributed by atoms with van der Waals surface area (Å²) in [6, 6.07) is 0.379. The molecule has 2 N–H and O–H groups in total. The summed E-state index contributed by atoms with van der Waals surface area (Å²) in [6.07, 6.45) is 10.5. The number of nitrogens with zero attached hydrogens (tertiary/aromatic N) is 3. The van der Waals surface area contributed by atoms with E-state index in [0.717, 1.165) is 25.1 Å². The van der Waals surface area contributed by atoms with Gasteiger partial charge >= 0.3 is 0 Å². The minimum absolute atomic E-state index is 0.0442. The average Bonchev–Trinajstić information content (AvgIpc) is 2.89. The number of hydrogen-bond donors (Lipinski definition) is 1. The van der Waals surface area contributed by atoms with E-state index in [2.05, 4.69) is 10.3 Å². The lowest BCUT2D eigenvalue weighted by Crippen LogP contribution is -2.42. The molecule has 3 rings (SSSR count). The lowest BCUT2D eigenvalue weighted by molar-refractivity contribution is -0.115. The third-order valence-electron chi connectivity index (χ3n) is 4.60. The first-order valence-electron chi connectivity index (χ1n) is 7.50. The highest BCUT2D eigenvalue weighted by atomic mass is 16.5. The standard InChI is InChI=1S/C14H24N4O/c1-11(15)13-10-18(17-16-13)12-5-8-19-14(9-12)6-3-2-4-7-14/h10-12H,2-9,15H2,1H3. The Morgan fingerprint density at radius 3 is 2.89 bits per heavy atom. The lowest BCUT2D eigenvalue weighted by atomic mass is 9.78. The maximum Gasteiger partial charge on any atom is 0.0991 e. The van der Waals surface area contributed by atoms with Crippen molar-refractivity contribution < 1.29 is 4.74 Å². The first-order valence-corrected chi connectivity index (χ1v) is 7.50. The Kier molecular flexibility index (Phi) is 3.58. The molecule has 106 valence electrons. The molecule has 0 bridgehead atoms. The Morgan fingerprint density at radius 1 is 1.42 bits per heavy atom. The van der Waals surface area contributed by atoms with Gasteiger partial charge in [-0.1, -0.05) is 24.5 Å². The Hall–Kier alpha value is -0.940. The molecule has 5 heteroatoms. The maximum atomic E-state index is 6.13. The Bertz CT molecular complexity index is 417. The second kappa shape index (κ2) is 5.21. The van der Waals surface area contributed by atoms with Crippen LogP contribution in [-0.4, -0.2) is 27.2 Å². The van der Waals surface area contributed by atoms with Crippen LogP contribution < -0.4 is 5.73 Å². The molecule has 1 saturated carbocycles. The summed E-state index contributed by atoms with van der Waals surface area (Å²) < 4.78 is 8.14. The molecule has 0 radical (unpaired) electrons. The predicted molar refractivity (Wildman–Crippen MR) is 72.7 cm³/mol. The maximum absolute atomic E-state index is 6.13. The van der Waals surface area contributed by atoms with Crippen LogP contribution in [0.5, 0.6) is 0 Å². The molecule has 2 heterocycles. The molecule has 2 unspecified atom stereocenters. The smallest absolute Gasteiger partial charge is 0.0991 e. The van der Waals surface area contributed by atoms with E-state index in [9.17, 15) is 0 Å². The normalized spacial score (nSPS) is 28.4. The predicted octanol–water partition coefficient (Wildman–Crippen LogP) is 2.35. The van der Waals surface area contributed by atoms with Crippen molar-refractivity contribution in [2.45, 2.75) is 69.6 Å². The Morgan fingerprint density at radius 2 is 2.21 bits per heavy atom. The van der Waals surface area contributed by atoms with E-state index in [1.54, 1.807) is 0 Å². The molecule has 2 atom stereocenters. The lowest BCUT2D eigenvalue weighted by Gasteiger charge is -2.43. The molecule has 1 aliphatic carbocycles. The van der Waals surface area contributed by atoms with Crippen molar-refractivity contribution in [3.05, 3.63) is 11.9 Å². The van der Waals surface area contributed by atoms with Crippen LogP contribution in [0.25, 0.3) is 0 Å². The van der Waals surface area contributed by atoms with E-state index in [-0.39, 0.29) is 11.6 Å². The van der Waals surface area contributed by atoms with Gasteiger partial charge in [0.05, 0.1) is 23.5 Å². The third-order valence-corrected chi connectivity index (χ3v) is 4.60. The SMILES string of the molecule is CC(N)c1cn(C2CCOC3(CCCCC3)C2)nn1. The molecular formula is C14H24N4O. The van der Waals surface area contributed by atoms with E-state index in [1.165, 1.54) is 32.1 Å². The van der Waals surface area contributed by atoms with Crippen LogP contribution in [0.15, 0.2) is 6.20 Å². The molecular weight excluding hydrogens is 240 g/mol. The van der Waals surface area contributed by atoms with Crippen molar-refractivity contribution in [2.24, 2.45) is 5.73 Å². The molecule has 0 aromatic carbocycles. The van der Waals surface area contributed by atoms with E-state index in [1.807, 2.05) is 17.8 Å². The summed E-state index contributed by atoms with van der Waals surface area (Å²) in [7, 11) is 0. The van der Waals surface area contributed by atoms with Gasteiger partial charge in [-0.15, -0.1) is 5.10 Å². The number of rotatable bonds is 2. The van der Waals surface area contributed by atoms with Gasteiger partial charge in [-0.05, 0) is 32.6 Å². The van der Waals surface area contributed by atoms with Crippen molar-refractivity contribution in [3.63, 3.8) is 0 Å². The number of aromatic nitrogens is 3. The zero-order valence-electron chi connectivity index (χ0n) is 11.7. The third kappa shape index (κ3) is 2.67. The van der Waals surface area contributed by atoms with Gasteiger partial charge in [-0.2, -0.15) is 0 Å². The van der Waals surface area contributed by atoms with Crippen molar-refractivity contribution in [3.8, 4) is 0 Å². The number of ether oxygens (including phenoxy) is 1. The highest BCUT2D eigenvalue weighted by Crippen LogP contribution is 2.42. The summed E-state index contributed by atoms with van der Waals surface area (Å²) >= 11 is 0. The second-order valence-electron chi connectivity index (χ2n) is 6.15. The monoisotopic (exact) mass is 264 g/mol. The molecule has 1 spiro atoms. The zero-order chi connectivity index (χ0) is 13.3. The largest absolute Gasteiger partial charge is 0.375 e. The van der Waals surface area contributed by atoms with Gasteiger partial charge in [-0.25, -0.2) is 4.68 Å². The average molecular weight is 264 g/mol. The molecule has 1 aliphatic heterocycles. The number of nitrogens with two attached hydrogens (primary N) is 1. The van der Waals surface area contributed by atoms with Gasteiger partial charge in [0.15, 0.2) is 0 Å². The van der Waals surface area contributed by atoms with Gasteiger partial charge in [0.25, 0.3) is 0 Å². The van der Waals surface area contributed by atoms with Crippen LogP contribution >= 0.6 is 0 Å².